The summed E-state index contributed by atoms with van der Waals surface area (Å²) in [5, 5.41) is 3.44. The van der Waals surface area contributed by atoms with Crippen molar-refractivity contribution in [3.63, 3.8) is 0 Å². The Balaban J connectivity index is 1.69. The third-order valence-corrected chi connectivity index (χ3v) is 7.14. The molecule has 0 bridgehead atoms. The molecule has 1 aromatic carbocycles. The van der Waals surface area contributed by atoms with E-state index in [1.807, 2.05) is 0 Å². The molecule has 3 heteroatoms. The van der Waals surface area contributed by atoms with Crippen LogP contribution in [0.5, 0.6) is 0 Å². The first-order chi connectivity index (χ1) is 12.4. The summed E-state index contributed by atoms with van der Waals surface area (Å²) in [4.78, 5) is 0. The molecule has 5 atom stereocenters. The standard InChI is InChI=1S/C23H33F2N/c1-14-5-7-19(13-21(14)16(3)26-4)17-8-10-18(11-9-17)20-12-6-15(2)22(24)23(20)25/h6,10,12,14,16-17,19,21,26H,5,7-9,11,13H2,1-4H3. The Morgan fingerprint density at radius 2 is 1.85 bits per heavy atom. The summed E-state index contributed by atoms with van der Waals surface area (Å²) in [6.45, 7) is 6.31. The lowest BCUT2D eigenvalue weighted by Gasteiger charge is -2.41. The Kier molecular flexibility index (Phi) is 6.17. The number of benzene rings is 1. The highest BCUT2D eigenvalue weighted by Gasteiger charge is 2.35. The van der Waals surface area contributed by atoms with Crippen molar-refractivity contribution in [3.05, 3.63) is 41.0 Å². The first-order valence-electron chi connectivity index (χ1n) is 10.2. The van der Waals surface area contributed by atoms with Gasteiger partial charge in [-0.05, 0) is 87.8 Å². The van der Waals surface area contributed by atoms with Gasteiger partial charge in [0.1, 0.15) is 0 Å². The van der Waals surface area contributed by atoms with Crippen LogP contribution in [0.3, 0.4) is 0 Å². The van der Waals surface area contributed by atoms with Crippen LogP contribution in [0.2, 0.25) is 0 Å². The number of halogens is 2. The second-order valence-corrected chi connectivity index (χ2v) is 8.61. The molecule has 2 aliphatic rings. The van der Waals surface area contributed by atoms with Gasteiger partial charge in [-0.25, -0.2) is 8.78 Å². The Bertz CT molecular complexity index is 662. The van der Waals surface area contributed by atoms with Crippen LogP contribution in [0.1, 0.15) is 63.5 Å². The number of hydrogen-bond acceptors (Lipinski definition) is 1. The van der Waals surface area contributed by atoms with Crippen molar-refractivity contribution < 1.29 is 8.78 Å². The van der Waals surface area contributed by atoms with E-state index in [1.54, 1.807) is 19.1 Å². The van der Waals surface area contributed by atoms with Crippen molar-refractivity contribution >= 4 is 5.57 Å². The second kappa shape index (κ2) is 8.21. The fourth-order valence-corrected chi connectivity index (χ4v) is 5.15. The van der Waals surface area contributed by atoms with Gasteiger partial charge in [-0.15, -0.1) is 0 Å². The van der Waals surface area contributed by atoms with E-state index in [4.69, 9.17) is 0 Å². The maximum absolute atomic E-state index is 14.3. The smallest absolute Gasteiger partial charge is 0.166 e. The number of nitrogens with one attached hydrogen (secondary N) is 1. The van der Waals surface area contributed by atoms with Crippen molar-refractivity contribution in [2.75, 3.05) is 7.05 Å². The Morgan fingerprint density at radius 1 is 1.08 bits per heavy atom. The minimum absolute atomic E-state index is 0.376. The van der Waals surface area contributed by atoms with E-state index in [0.29, 0.717) is 23.1 Å². The number of allylic oxidation sites excluding steroid dienone is 2. The number of hydrogen-bond donors (Lipinski definition) is 1. The van der Waals surface area contributed by atoms with E-state index in [1.165, 1.54) is 19.3 Å². The lowest BCUT2D eigenvalue weighted by molar-refractivity contribution is 0.117. The van der Waals surface area contributed by atoms with Crippen LogP contribution in [-0.2, 0) is 0 Å². The molecule has 1 fully saturated rings. The third-order valence-electron chi connectivity index (χ3n) is 7.14. The van der Waals surface area contributed by atoms with Crippen LogP contribution in [-0.4, -0.2) is 13.1 Å². The van der Waals surface area contributed by atoms with Crippen LogP contribution in [0.15, 0.2) is 18.2 Å². The third kappa shape index (κ3) is 3.88. The van der Waals surface area contributed by atoms with E-state index >= 15 is 0 Å². The summed E-state index contributed by atoms with van der Waals surface area (Å²) in [6.07, 6.45) is 9.06. The maximum Gasteiger partial charge on any atom is 0.166 e. The molecule has 0 saturated heterocycles. The molecule has 0 aliphatic heterocycles. The molecule has 0 heterocycles. The zero-order valence-corrected chi connectivity index (χ0v) is 16.6. The van der Waals surface area contributed by atoms with Crippen LogP contribution in [0.4, 0.5) is 8.78 Å². The molecule has 5 unspecified atom stereocenters. The normalized spacial score (nSPS) is 30.8. The van der Waals surface area contributed by atoms with Gasteiger partial charge in [0.15, 0.2) is 11.6 Å². The van der Waals surface area contributed by atoms with Crippen molar-refractivity contribution in [3.8, 4) is 0 Å². The summed E-state index contributed by atoms with van der Waals surface area (Å²) >= 11 is 0. The Morgan fingerprint density at radius 3 is 2.50 bits per heavy atom. The van der Waals surface area contributed by atoms with E-state index in [0.717, 1.165) is 42.6 Å². The molecular formula is C23H33F2N. The number of rotatable bonds is 4. The molecule has 1 N–H and O–H groups in total. The highest BCUT2D eigenvalue weighted by molar-refractivity contribution is 5.67. The molecule has 2 aliphatic carbocycles. The topological polar surface area (TPSA) is 12.0 Å². The highest BCUT2D eigenvalue weighted by Crippen LogP contribution is 2.44. The van der Waals surface area contributed by atoms with Gasteiger partial charge < -0.3 is 5.32 Å². The van der Waals surface area contributed by atoms with E-state index in [9.17, 15) is 8.78 Å². The minimum atomic E-state index is -0.698. The van der Waals surface area contributed by atoms with Gasteiger partial charge in [-0.3, -0.25) is 0 Å². The fraction of sp³-hybridized carbons (Fsp3) is 0.652. The van der Waals surface area contributed by atoms with E-state index < -0.39 is 11.6 Å². The van der Waals surface area contributed by atoms with Gasteiger partial charge in [0.2, 0.25) is 0 Å². The molecule has 0 aromatic heterocycles. The quantitative estimate of drug-likeness (QED) is 0.681. The summed E-state index contributed by atoms with van der Waals surface area (Å²) < 4.78 is 28.2. The molecular weight excluding hydrogens is 328 g/mol. The summed E-state index contributed by atoms with van der Waals surface area (Å²) in [6, 6.07) is 3.99. The minimum Gasteiger partial charge on any atom is -0.317 e. The summed E-state index contributed by atoms with van der Waals surface area (Å²) in [7, 11) is 2.06. The van der Waals surface area contributed by atoms with Crippen molar-refractivity contribution in [2.24, 2.45) is 23.7 Å². The van der Waals surface area contributed by atoms with Gasteiger partial charge in [0.05, 0.1) is 0 Å². The van der Waals surface area contributed by atoms with Crippen molar-refractivity contribution in [2.45, 2.75) is 65.3 Å². The summed E-state index contributed by atoms with van der Waals surface area (Å²) in [5.74, 6) is 1.61. The zero-order valence-electron chi connectivity index (χ0n) is 16.6. The molecule has 1 nitrogen and oxygen atoms in total. The van der Waals surface area contributed by atoms with Gasteiger partial charge >= 0.3 is 0 Å². The van der Waals surface area contributed by atoms with E-state index in [-0.39, 0.29) is 0 Å². The average Bonchev–Trinajstić information content (AvgIpc) is 2.66. The predicted molar refractivity (Wildman–Crippen MR) is 105 cm³/mol. The van der Waals surface area contributed by atoms with Crippen molar-refractivity contribution in [1.29, 1.82) is 0 Å². The molecule has 1 aromatic rings. The Hall–Kier alpha value is -1.22. The molecule has 1 saturated carbocycles. The van der Waals surface area contributed by atoms with Gasteiger partial charge in [-0.1, -0.05) is 31.6 Å². The first kappa shape index (κ1) is 19.5. The lowest BCUT2D eigenvalue weighted by Crippen LogP contribution is -2.39. The molecule has 144 valence electrons. The van der Waals surface area contributed by atoms with Crippen LogP contribution >= 0.6 is 0 Å². The van der Waals surface area contributed by atoms with Crippen molar-refractivity contribution in [1.82, 2.24) is 5.32 Å². The van der Waals surface area contributed by atoms with Gasteiger partial charge in [0, 0.05) is 11.6 Å². The molecule has 0 radical (unpaired) electrons. The van der Waals surface area contributed by atoms with E-state index in [2.05, 4.69) is 32.3 Å². The maximum atomic E-state index is 14.3. The highest BCUT2D eigenvalue weighted by atomic mass is 19.2. The van der Waals surface area contributed by atoms with Crippen LogP contribution in [0.25, 0.3) is 5.57 Å². The van der Waals surface area contributed by atoms with Gasteiger partial charge in [-0.2, -0.15) is 0 Å². The first-order valence-corrected chi connectivity index (χ1v) is 10.2. The molecule has 3 rings (SSSR count). The second-order valence-electron chi connectivity index (χ2n) is 8.61. The average molecular weight is 362 g/mol. The SMILES string of the molecule is CNC(C)C1CC(C2CC=C(c3ccc(C)c(F)c3F)CC2)CCC1C. The van der Waals surface area contributed by atoms with Crippen LogP contribution in [0, 0.1) is 42.2 Å². The van der Waals surface area contributed by atoms with Gasteiger partial charge in [0.25, 0.3) is 0 Å². The largest absolute Gasteiger partial charge is 0.317 e. The Labute approximate surface area is 157 Å². The lowest BCUT2D eigenvalue weighted by atomic mass is 9.66. The molecule has 26 heavy (non-hydrogen) atoms. The monoisotopic (exact) mass is 361 g/mol. The molecule has 0 amide bonds. The predicted octanol–water partition coefficient (Wildman–Crippen LogP) is 6.12. The number of aryl methyl sites for hydroxylation is 1. The zero-order chi connectivity index (χ0) is 18.8. The fourth-order valence-electron chi connectivity index (χ4n) is 5.15. The van der Waals surface area contributed by atoms with Crippen LogP contribution < -0.4 is 5.32 Å². The summed E-state index contributed by atoms with van der Waals surface area (Å²) in [5.41, 5.74) is 1.83. The molecule has 0 spiro atoms.